The van der Waals surface area contributed by atoms with Crippen LogP contribution in [0.3, 0.4) is 0 Å². The zero-order valence-corrected chi connectivity index (χ0v) is 14.9. The number of methoxy groups -OCH3 is 1. The maximum absolute atomic E-state index is 11.7. The van der Waals surface area contributed by atoms with Crippen LogP contribution in [0.4, 0.5) is 0 Å². The lowest BCUT2D eigenvalue weighted by Gasteiger charge is -2.15. The van der Waals surface area contributed by atoms with Crippen LogP contribution in [0.25, 0.3) is 5.69 Å². The number of benzene rings is 1. The van der Waals surface area contributed by atoms with Crippen LogP contribution in [-0.4, -0.2) is 57.8 Å². The first-order valence-electron chi connectivity index (χ1n) is 7.67. The summed E-state index contributed by atoms with van der Waals surface area (Å²) in [4.78, 5) is 13.6. The average Bonchev–Trinajstić information content (AvgIpc) is 2.93. The van der Waals surface area contributed by atoms with E-state index in [-0.39, 0.29) is 12.5 Å². The van der Waals surface area contributed by atoms with Crippen LogP contribution in [-0.2, 0) is 11.5 Å². The van der Waals surface area contributed by atoms with Gasteiger partial charge in [0.15, 0.2) is 0 Å². The van der Waals surface area contributed by atoms with E-state index in [1.54, 1.807) is 16.5 Å². The molecule has 1 aromatic heterocycles. The molecule has 0 saturated carbocycles. The lowest BCUT2D eigenvalue weighted by molar-refractivity contribution is -0.122. The van der Waals surface area contributed by atoms with Crippen molar-refractivity contribution in [1.29, 1.82) is 0 Å². The molecule has 0 spiro atoms. The van der Waals surface area contributed by atoms with Gasteiger partial charge in [-0.25, -0.2) is 4.68 Å². The van der Waals surface area contributed by atoms with Gasteiger partial charge < -0.3 is 10.1 Å². The predicted molar refractivity (Wildman–Crippen MR) is 92.7 cm³/mol. The summed E-state index contributed by atoms with van der Waals surface area (Å²) in [6.45, 7) is 3.35. The Hall–Kier alpha value is -2.26. The number of likely N-dealkylation sites (N-methyl/N-ethyl adjacent to an activating group) is 1. The highest BCUT2D eigenvalue weighted by molar-refractivity contribution is 7.71. The second kappa shape index (κ2) is 8.55. The van der Waals surface area contributed by atoms with Crippen LogP contribution in [0.5, 0.6) is 5.75 Å². The van der Waals surface area contributed by atoms with Crippen LogP contribution < -0.4 is 10.1 Å². The molecular formula is C15H22N6O2S. The molecule has 0 atom stereocenters. The fraction of sp³-hybridized carbons (Fsp3) is 0.467. The summed E-state index contributed by atoms with van der Waals surface area (Å²) in [7, 11) is 3.45. The fourth-order valence-electron chi connectivity index (χ4n) is 2.09. The smallest absolute Gasteiger partial charge is 0.234 e. The van der Waals surface area contributed by atoms with Gasteiger partial charge in [-0.2, -0.15) is 4.68 Å². The third-order valence-corrected chi connectivity index (χ3v) is 3.70. The van der Waals surface area contributed by atoms with Gasteiger partial charge in [-0.3, -0.25) is 9.69 Å². The topological polar surface area (TPSA) is 77.2 Å². The zero-order chi connectivity index (χ0) is 17.5. The van der Waals surface area contributed by atoms with Crippen LogP contribution in [0.2, 0.25) is 0 Å². The van der Waals surface area contributed by atoms with Crippen LogP contribution in [0.15, 0.2) is 24.3 Å². The fourth-order valence-corrected chi connectivity index (χ4v) is 2.33. The first kappa shape index (κ1) is 18.1. The minimum Gasteiger partial charge on any atom is -0.497 e. The largest absolute Gasteiger partial charge is 0.497 e. The third-order valence-electron chi connectivity index (χ3n) is 3.32. The van der Waals surface area contributed by atoms with Crippen LogP contribution in [0.1, 0.15) is 13.3 Å². The SMILES string of the molecule is CCCNC(=O)CN(C)Cn1nnn(-c2ccc(OC)cc2)c1=S. The maximum atomic E-state index is 11.7. The Kier molecular flexibility index (Phi) is 6.44. The molecule has 0 aliphatic carbocycles. The zero-order valence-electron chi connectivity index (χ0n) is 14.1. The van der Waals surface area contributed by atoms with E-state index in [1.165, 1.54) is 0 Å². The molecule has 9 heteroatoms. The molecule has 1 aromatic carbocycles. The van der Waals surface area contributed by atoms with Gasteiger partial charge in [-0.15, -0.1) is 0 Å². The molecule has 0 radical (unpaired) electrons. The number of nitrogens with zero attached hydrogens (tertiary/aromatic N) is 5. The van der Waals surface area contributed by atoms with Crippen LogP contribution in [0, 0.1) is 4.77 Å². The lowest BCUT2D eigenvalue weighted by Crippen LogP contribution is -2.36. The number of carbonyl (C=O) groups excluding carboxylic acids is 1. The Morgan fingerprint density at radius 2 is 2.04 bits per heavy atom. The molecule has 0 aliphatic heterocycles. The summed E-state index contributed by atoms with van der Waals surface area (Å²) in [5.41, 5.74) is 0.801. The molecule has 0 bridgehead atoms. The predicted octanol–water partition coefficient (Wildman–Crippen LogP) is 1.22. The summed E-state index contributed by atoms with van der Waals surface area (Å²) >= 11 is 5.41. The standard InChI is InChI=1S/C15H22N6O2S/c1-4-9-16-14(22)10-19(2)11-20-15(24)21(18-17-20)12-5-7-13(23-3)8-6-12/h5-8H,4,9-11H2,1-3H3,(H,16,22). The van der Waals surface area contributed by atoms with E-state index >= 15 is 0 Å². The molecular weight excluding hydrogens is 328 g/mol. The molecule has 24 heavy (non-hydrogen) atoms. The Labute approximate surface area is 146 Å². The van der Waals surface area contributed by atoms with Gasteiger partial charge in [0.25, 0.3) is 0 Å². The third kappa shape index (κ3) is 4.62. The highest BCUT2D eigenvalue weighted by Gasteiger charge is 2.10. The van der Waals surface area contributed by atoms with E-state index in [0.717, 1.165) is 17.9 Å². The van der Waals surface area contributed by atoms with Gasteiger partial charge in [0.05, 0.1) is 26.0 Å². The van der Waals surface area contributed by atoms with E-state index in [0.29, 0.717) is 18.0 Å². The number of rotatable bonds is 8. The molecule has 2 aromatic rings. The quantitative estimate of drug-likeness (QED) is 0.722. The molecule has 0 aliphatic rings. The number of carbonyl (C=O) groups is 1. The number of ether oxygens (including phenoxy) is 1. The first-order valence-corrected chi connectivity index (χ1v) is 8.08. The van der Waals surface area contributed by atoms with Crippen molar-refractivity contribution in [3.05, 3.63) is 29.0 Å². The summed E-state index contributed by atoms with van der Waals surface area (Å²) in [6, 6.07) is 7.38. The molecule has 8 nitrogen and oxygen atoms in total. The van der Waals surface area contributed by atoms with E-state index in [2.05, 4.69) is 15.7 Å². The molecule has 2 rings (SSSR count). The maximum Gasteiger partial charge on any atom is 0.234 e. The Balaban J connectivity index is 2.03. The van der Waals surface area contributed by atoms with Crippen molar-refractivity contribution in [3.63, 3.8) is 0 Å². The summed E-state index contributed by atoms with van der Waals surface area (Å²) in [6.07, 6.45) is 0.913. The number of hydrogen-bond acceptors (Lipinski definition) is 6. The second-order valence-electron chi connectivity index (χ2n) is 5.38. The van der Waals surface area contributed by atoms with E-state index in [9.17, 15) is 4.79 Å². The molecule has 1 amide bonds. The highest BCUT2D eigenvalue weighted by atomic mass is 32.1. The normalized spacial score (nSPS) is 10.8. The van der Waals surface area contributed by atoms with Gasteiger partial charge in [0, 0.05) is 6.54 Å². The first-order chi connectivity index (χ1) is 11.5. The average molecular weight is 350 g/mol. The van der Waals surface area contributed by atoms with Crippen molar-refractivity contribution < 1.29 is 9.53 Å². The molecule has 130 valence electrons. The van der Waals surface area contributed by atoms with Gasteiger partial charge in [0.1, 0.15) is 5.75 Å². The minimum atomic E-state index is -0.0200. The monoisotopic (exact) mass is 350 g/mol. The van der Waals surface area contributed by atoms with Gasteiger partial charge in [-0.05, 0) is 60.4 Å². The lowest BCUT2D eigenvalue weighted by atomic mass is 10.3. The number of amides is 1. The highest BCUT2D eigenvalue weighted by Crippen LogP contribution is 2.14. The second-order valence-corrected chi connectivity index (χ2v) is 5.74. The van der Waals surface area contributed by atoms with Crippen LogP contribution >= 0.6 is 12.2 Å². The minimum absolute atomic E-state index is 0.0200. The van der Waals surface area contributed by atoms with E-state index < -0.39 is 0 Å². The summed E-state index contributed by atoms with van der Waals surface area (Å²) in [5.74, 6) is 0.740. The summed E-state index contributed by atoms with van der Waals surface area (Å²) in [5, 5.41) is 11.0. The molecule has 0 saturated heterocycles. The number of tetrazole rings is 1. The van der Waals surface area contributed by atoms with Gasteiger partial charge in [0.2, 0.25) is 10.7 Å². The van der Waals surface area contributed by atoms with Gasteiger partial charge >= 0.3 is 0 Å². The summed E-state index contributed by atoms with van der Waals surface area (Å²) < 4.78 is 8.74. The Morgan fingerprint density at radius 1 is 1.33 bits per heavy atom. The number of hydrogen-bond donors (Lipinski definition) is 1. The van der Waals surface area contributed by atoms with Crippen molar-refractivity contribution in [1.82, 2.24) is 30.0 Å². The molecule has 1 heterocycles. The van der Waals surface area contributed by atoms with Crippen molar-refractivity contribution in [3.8, 4) is 11.4 Å². The molecule has 0 fully saturated rings. The van der Waals surface area contributed by atoms with E-state index in [1.807, 2.05) is 43.1 Å². The van der Waals surface area contributed by atoms with Gasteiger partial charge in [-0.1, -0.05) is 6.92 Å². The van der Waals surface area contributed by atoms with Crippen molar-refractivity contribution in [2.45, 2.75) is 20.0 Å². The number of nitrogens with one attached hydrogen (secondary N) is 1. The van der Waals surface area contributed by atoms with E-state index in [4.69, 9.17) is 17.0 Å². The Morgan fingerprint density at radius 3 is 2.67 bits per heavy atom. The Bertz CT molecular complexity index is 724. The van der Waals surface area contributed by atoms with Crippen molar-refractivity contribution in [2.75, 3.05) is 27.2 Å². The van der Waals surface area contributed by atoms with Crippen molar-refractivity contribution >= 4 is 18.1 Å². The number of aromatic nitrogens is 4. The molecule has 0 unspecified atom stereocenters. The molecule has 1 N–H and O–H groups in total. The van der Waals surface area contributed by atoms with Crippen molar-refractivity contribution in [2.24, 2.45) is 0 Å².